The smallest absolute Gasteiger partial charge is 0.266 e. The minimum absolute atomic E-state index is 0.175. The van der Waals surface area contributed by atoms with Gasteiger partial charge < -0.3 is 9.47 Å². The molecule has 3 rings (SSSR count). The first-order valence-electron chi connectivity index (χ1n) is 6.93. The molecule has 7 nitrogen and oxygen atoms in total. The van der Waals surface area contributed by atoms with Crippen molar-refractivity contribution in [2.75, 3.05) is 13.2 Å². The summed E-state index contributed by atoms with van der Waals surface area (Å²) in [6.45, 7) is 0.797. The first kappa shape index (κ1) is 16.2. The Kier molecular flexibility index (Phi) is 4.36. The maximum atomic E-state index is 12.8. The van der Waals surface area contributed by atoms with Gasteiger partial charge in [-0.25, -0.2) is 12.8 Å². The van der Waals surface area contributed by atoms with Gasteiger partial charge in [0.25, 0.3) is 15.9 Å². The topological polar surface area (TPSA) is 93.7 Å². The minimum atomic E-state index is -4.00. The molecule has 0 spiro atoms. The normalized spacial score (nSPS) is 13.4. The highest BCUT2D eigenvalue weighted by atomic mass is 32.2. The van der Waals surface area contributed by atoms with E-state index in [4.69, 9.17) is 9.47 Å². The van der Waals surface area contributed by atoms with E-state index in [1.54, 1.807) is 6.07 Å². The van der Waals surface area contributed by atoms with Crippen molar-refractivity contribution in [2.24, 2.45) is 0 Å². The van der Waals surface area contributed by atoms with Crippen LogP contribution in [0.4, 0.5) is 4.39 Å². The van der Waals surface area contributed by atoms with Crippen molar-refractivity contribution in [1.29, 1.82) is 0 Å². The summed E-state index contributed by atoms with van der Waals surface area (Å²) in [5.41, 5.74) is 2.29. The molecule has 0 aliphatic carbocycles. The Labute approximate surface area is 137 Å². The van der Waals surface area contributed by atoms with Crippen LogP contribution in [0.3, 0.4) is 0 Å². The lowest BCUT2D eigenvalue weighted by atomic mass is 10.2. The van der Waals surface area contributed by atoms with E-state index in [9.17, 15) is 17.6 Å². The predicted octanol–water partition coefficient (Wildman–Crippen LogP) is 1.22. The maximum absolute atomic E-state index is 12.8. The summed E-state index contributed by atoms with van der Waals surface area (Å²) in [6, 6.07) is 8.71. The number of carbonyl (C=O) groups excluding carboxylic acids is 1. The fourth-order valence-corrected chi connectivity index (χ4v) is 2.88. The van der Waals surface area contributed by atoms with Crippen LogP contribution in [0, 0.1) is 5.82 Å². The van der Waals surface area contributed by atoms with Crippen LogP contribution in [-0.4, -0.2) is 27.5 Å². The number of fused-ring (bicyclic) bond motifs is 1. The third-order valence-corrected chi connectivity index (χ3v) is 4.49. The zero-order valence-electron chi connectivity index (χ0n) is 12.3. The van der Waals surface area contributed by atoms with E-state index >= 15 is 0 Å². The van der Waals surface area contributed by atoms with Crippen LogP contribution in [0.1, 0.15) is 10.4 Å². The number of hydrogen-bond donors (Lipinski definition) is 2. The fourth-order valence-electron chi connectivity index (χ4n) is 2.04. The number of hydrazine groups is 1. The maximum Gasteiger partial charge on any atom is 0.266 e. The SMILES string of the molecule is O=C(NNS(=O)(=O)c1ccc(F)cc1)c1ccc2c(c1)OCCO2. The zero-order valence-corrected chi connectivity index (χ0v) is 13.1. The number of hydrogen-bond acceptors (Lipinski definition) is 5. The van der Waals surface area contributed by atoms with Crippen LogP contribution in [0.5, 0.6) is 11.5 Å². The molecule has 0 atom stereocenters. The highest BCUT2D eigenvalue weighted by molar-refractivity contribution is 7.89. The molecule has 1 aliphatic heterocycles. The molecule has 9 heteroatoms. The van der Waals surface area contributed by atoms with E-state index in [-0.39, 0.29) is 10.5 Å². The molecule has 0 saturated carbocycles. The van der Waals surface area contributed by atoms with Crippen molar-refractivity contribution in [3.05, 3.63) is 53.8 Å². The van der Waals surface area contributed by atoms with Gasteiger partial charge in [-0.3, -0.25) is 10.2 Å². The summed E-state index contributed by atoms with van der Waals surface area (Å²) in [5.74, 6) is -0.299. The van der Waals surface area contributed by atoms with Gasteiger partial charge in [0.1, 0.15) is 19.0 Å². The van der Waals surface area contributed by atoms with Gasteiger partial charge in [-0.05, 0) is 42.5 Å². The van der Waals surface area contributed by atoms with Crippen LogP contribution < -0.4 is 19.7 Å². The molecule has 0 unspecified atom stereocenters. The summed E-state index contributed by atoms with van der Waals surface area (Å²) in [6.07, 6.45) is 0. The second kappa shape index (κ2) is 6.46. The van der Waals surface area contributed by atoms with E-state index < -0.39 is 21.7 Å². The van der Waals surface area contributed by atoms with Crippen molar-refractivity contribution >= 4 is 15.9 Å². The molecule has 2 aromatic rings. The number of ether oxygens (including phenoxy) is 2. The second-order valence-electron chi connectivity index (χ2n) is 4.87. The van der Waals surface area contributed by atoms with Crippen molar-refractivity contribution in [3.63, 3.8) is 0 Å². The number of sulfonamides is 1. The molecule has 0 saturated heterocycles. The summed E-state index contributed by atoms with van der Waals surface area (Å²) in [7, 11) is -4.00. The average Bonchev–Trinajstić information content (AvgIpc) is 2.59. The molecule has 0 radical (unpaired) electrons. The largest absolute Gasteiger partial charge is 0.486 e. The minimum Gasteiger partial charge on any atom is -0.486 e. The summed E-state index contributed by atoms with van der Waals surface area (Å²) < 4.78 is 47.6. The van der Waals surface area contributed by atoms with E-state index in [0.717, 1.165) is 24.3 Å². The van der Waals surface area contributed by atoms with Crippen molar-refractivity contribution in [1.82, 2.24) is 10.3 Å². The van der Waals surface area contributed by atoms with Crippen LogP contribution in [0.25, 0.3) is 0 Å². The Hall–Kier alpha value is -2.65. The molecule has 2 aromatic carbocycles. The molecule has 1 amide bonds. The fraction of sp³-hybridized carbons (Fsp3) is 0.133. The zero-order chi connectivity index (χ0) is 17.2. The van der Waals surface area contributed by atoms with E-state index in [1.807, 2.05) is 4.83 Å². The van der Waals surface area contributed by atoms with Crippen LogP contribution in [-0.2, 0) is 10.0 Å². The lowest BCUT2D eigenvalue weighted by Gasteiger charge is -2.18. The van der Waals surface area contributed by atoms with Gasteiger partial charge in [-0.1, -0.05) is 0 Å². The van der Waals surface area contributed by atoms with Gasteiger partial charge in [-0.2, -0.15) is 0 Å². The van der Waals surface area contributed by atoms with Crippen molar-refractivity contribution in [3.8, 4) is 11.5 Å². The average molecular weight is 352 g/mol. The predicted molar refractivity (Wildman–Crippen MR) is 81.6 cm³/mol. The Morgan fingerprint density at radius 1 is 1.00 bits per heavy atom. The van der Waals surface area contributed by atoms with E-state index in [0.29, 0.717) is 24.7 Å². The highest BCUT2D eigenvalue weighted by Crippen LogP contribution is 2.30. The molecule has 0 aromatic heterocycles. The van der Waals surface area contributed by atoms with Crippen molar-refractivity contribution < 1.29 is 27.1 Å². The molecule has 0 fully saturated rings. The number of nitrogens with one attached hydrogen (secondary N) is 2. The molecule has 1 heterocycles. The van der Waals surface area contributed by atoms with Crippen LogP contribution in [0.15, 0.2) is 47.4 Å². The van der Waals surface area contributed by atoms with Gasteiger partial charge in [0.05, 0.1) is 4.90 Å². The standard InChI is InChI=1S/C15H13FN2O5S/c16-11-2-4-12(5-3-11)24(20,21)18-17-15(19)10-1-6-13-14(9-10)23-8-7-22-13/h1-6,9,18H,7-8H2,(H,17,19). The molecule has 1 aliphatic rings. The molecular formula is C15H13FN2O5S. The second-order valence-corrected chi connectivity index (χ2v) is 6.55. The van der Waals surface area contributed by atoms with Gasteiger partial charge >= 0.3 is 0 Å². The lowest BCUT2D eigenvalue weighted by Crippen LogP contribution is -2.41. The first-order valence-corrected chi connectivity index (χ1v) is 8.41. The quantitative estimate of drug-likeness (QED) is 0.807. The molecule has 2 N–H and O–H groups in total. The molecular weight excluding hydrogens is 339 g/mol. The van der Waals surface area contributed by atoms with Gasteiger partial charge in [0.15, 0.2) is 11.5 Å². The Bertz CT molecular complexity index is 868. The number of carbonyl (C=O) groups is 1. The Balaban J connectivity index is 1.70. The van der Waals surface area contributed by atoms with Crippen LogP contribution >= 0.6 is 0 Å². The summed E-state index contributed by atoms with van der Waals surface area (Å²) in [5, 5.41) is 0. The van der Waals surface area contributed by atoms with Gasteiger partial charge in [0.2, 0.25) is 0 Å². The van der Waals surface area contributed by atoms with Crippen molar-refractivity contribution in [2.45, 2.75) is 4.90 Å². The number of benzene rings is 2. The first-order chi connectivity index (χ1) is 11.5. The monoisotopic (exact) mass is 352 g/mol. The Morgan fingerprint density at radius 2 is 1.67 bits per heavy atom. The third kappa shape index (κ3) is 3.47. The summed E-state index contributed by atoms with van der Waals surface area (Å²) in [4.78, 5) is 13.8. The number of rotatable bonds is 4. The third-order valence-electron chi connectivity index (χ3n) is 3.23. The highest BCUT2D eigenvalue weighted by Gasteiger charge is 2.18. The lowest BCUT2D eigenvalue weighted by molar-refractivity contribution is 0.0944. The molecule has 0 bridgehead atoms. The molecule has 24 heavy (non-hydrogen) atoms. The van der Waals surface area contributed by atoms with Crippen LogP contribution in [0.2, 0.25) is 0 Å². The van der Waals surface area contributed by atoms with Gasteiger partial charge in [-0.15, -0.1) is 4.83 Å². The summed E-state index contributed by atoms with van der Waals surface area (Å²) >= 11 is 0. The number of amides is 1. The van der Waals surface area contributed by atoms with Gasteiger partial charge in [0, 0.05) is 5.56 Å². The number of halogens is 1. The Morgan fingerprint density at radius 3 is 2.38 bits per heavy atom. The van der Waals surface area contributed by atoms with E-state index in [1.165, 1.54) is 12.1 Å². The van der Waals surface area contributed by atoms with E-state index in [2.05, 4.69) is 5.43 Å². The molecule has 126 valence electrons.